The molecule has 0 saturated carbocycles. The third-order valence-electron chi connectivity index (χ3n) is 3.95. The van der Waals surface area contributed by atoms with E-state index in [0.29, 0.717) is 19.4 Å². The number of hydrogen-bond acceptors (Lipinski definition) is 3. The molecule has 0 fully saturated rings. The van der Waals surface area contributed by atoms with Gasteiger partial charge in [-0.3, -0.25) is 9.59 Å². The summed E-state index contributed by atoms with van der Waals surface area (Å²) in [5, 5.41) is 11.8. The molecule has 0 saturated heterocycles. The van der Waals surface area contributed by atoms with Crippen LogP contribution in [0.3, 0.4) is 0 Å². The van der Waals surface area contributed by atoms with Gasteiger partial charge in [-0.25, -0.2) is 0 Å². The number of nitrogens with one attached hydrogen (secondary N) is 1. The Bertz CT molecular complexity index is 329. The summed E-state index contributed by atoms with van der Waals surface area (Å²) in [6.45, 7) is 8.58. The van der Waals surface area contributed by atoms with Crippen LogP contribution in [-0.2, 0) is 9.59 Å². The van der Waals surface area contributed by atoms with Crippen LogP contribution in [-0.4, -0.2) is 29.6 Å². The molecule has 0 aliphatic heterocycles. The Balaban J connectivity index is 3.87. The number of hydrogen-bond donors (Lipinski definition) is 3. The molecule has 4 N–H and O–H groups in total. The number of carbonyl (C=O) groups is 2. The predicted octanol–water partition coefficient (Wildman–Crippen LogP) is 2.54. The molecule has 0 rings (SSSR count). The lowest BCUT2D eigenvalue weighted by Gasteiger charge is -2.24. The second kappa shape index (κ2) is 9.77. The Hall–Kier alpha value is -1.10. The highest BCUT2D eigenvalue weighted by Crippen LogP contribution is 2.25. The second-order valence-electron chi connectivity index (χ2n) is 6.84. The van der Waals surface area contributed by atoms with Gasteiger partial charge in [0.15, 0.2) is 0 Å². The number of carbonyl (C=O) groups excluding carboxylic acids is 1. The molecule has 0 spiro atoms. The zero-order valence-corrected chi connectivity index (χ0v) is 13.9. The largest absolute Gasteiger partial charge is 0.481 e. The monoisotopic (exact) mass is 300 g/mol. The van der Waals surface area contributed by atoms with Crippen molar-refractivity contribution in [3.63, 3.8) is 0 Å². The van der Waals surface area contributed by atoms with Crippen molar-refractivity contribution in [3.05, 3.63) is 0 Å². The molecule has 21 heavy (non-hydrogen) atoms. The molecule has 0 aromatic rings. The van der Waals surface area contributed by atoms with E-state index in [0.717, 1.165) is 25.7 Å². The van der Waals surface area contributed by atoms with E-state index in [1.807, 2.05) is 6.92 Å². The van der Waals surface area contributed by atoms with Gasteiger partial charge >= 0.3 is 5.97 Å². The van der Waals surface area contributed by atoms with Crippen LogP contribution in [0.4, 0.5) is 0 Å². The number of nitrogens with two attached hydrogens (primary N) is 1. The smallest absolute Gasteiger partial charge is 0.306 e. The Morgan fingerprint density at radius 2 is 1.81 bits per heavy atom. The fourth-order valence-corrected chi connectivity index (χ4v) is 2.24. The van der Waals surface area contributed by atoms with Crippen LogP contribution in [0.1, 0.15) is 66.2 Å². The zero-order valence-electron chi connectivity index (χ0n) is 13.9. The van der Waals surface area contributed by atoms with E-state index in [9.17, 15) is 9.59 Å². The highest BCUT2D eigenvalue weighted by Gasteiger charge is 2.19. The van der Waals surface area contributed by atoms with Crippen molar-refractivity contribution in [2.24, 2.45) is 17.1 Å². The van der Waals surface area contributed by atoms with Crippen molar-refractivity contribution in [3.8, 4) is 0 Å². The lowest BCUT2D eigenvalue weighted by molar-refractivity contribution is -0.141. The topological polar surface area (TPSA) is 92.4 Å². The first-order chi connectivity index (χ1) is 9.68. The summed E-state index contributed by atoms with van der Waals surface area (Å²) in [5.41, 5.74) is 5.66. The number of rotatable bonds is 11. The summed E-state index contributed by atoms with van der Waals surface area (Å²) in [6.07, 6.45) is 4.55. The molecule has 124 valence electrons. The minimum atomic E-state index is -0.756. The van der Waals surface area contributed by atoms with E-state index in [1.165, 1.54) is 0 Å². The van der Waals surface area contributed by atoms with Crippen molar-refractivity contribution in [1.82, 2.24) is 5.32 Å². The van der Waals surface area contributed by atoms with Gasteiger partial charge in [0.1, 0.15) is 0 Å². The number of carboxylic acid groups (broad SMARTS) is 1. The van der Waals surface area contributed by atoms with E-state index in [-0.39, 0.29) is 23.3 Å². The molecule has 0 aromatic heterocycles. The lowest BCUT2D eigenvalue weighted by Crippen LogP contribution is -2.33. The van der Waals surface area contributed by atoms with Crippen LogP contribution < -0.4 is 11.1 Å². The third-order valence-corrected chi connectivity index (χ3v) is 3.95. The van der Waals surface area contributed by atoms with Crippen molar-refractivity contribution in [2.75, 3.05) is 6.54 Å². The summed E-state index contributed by atoms with van der Waals surface area (Å²) in [7, 11) is 0. The standard InChI is InChI=1S/C16H32N2O3/c1-12(15(20)21)6-5-7-13(2)18-14(19)8-9-16(3,4)10-11-17/h12-13H,5-11,17H2,1-4H3,(H,18,19)(H,20,21). The van der Waals surface area contributed by atoms with E-state index >= 15 is 0 Å². The van der Waals surface area contributed by atoms with Gasteiger partial charge in [-0.2, -0.15) is 0 Å². The van der Waals surface area contributed by atoms with Crippen LogP contribution in [0, 0.1) is 11.3 Å². The summed E-state index contributed by atoms with van der Waals surface area (Å²) >= 11 is 0. The van der Waals surface area contributed by atoms with Crippen LogP contribution >= 0.6 is 0 Å². The van der Waals surface area contributed by atoms with Gasteiger partial charge in [-0.05, 0) is 44.6 Å². The maximum atomic E-state index is 11.9. The van der Waals surface area contributed by atoms with Crippen molar-refractivity contribution in [2.45, 2.75) is 72.3 Å². The molecule has 2 unspecified atom stereocenters. The fourth-order valence-electron chi connectivity index (χ4n) is 2.24. The molecule has 1 amide bonds. The summed E-state index contributed by atoms with van der Waals surface area (Å²) in [5.74, 6) is -1.00. The molecular weight excluding hydrogens is 268 g/mol. The zero-order chi connectivity index (χ0) is 16.5. The SMILES string of the molecule is CC(CCCC(C)C(=O)O)NC(=O)CCC(C)(C)CCN. The van der Waals surface area contributed by atoms with Crippen LogP contribution in [0.2, 0.25) is 0 Å². The Morgan fingerprint density at radius 3 is 2.33 bits per heavy atom. The Labute approximate surface area is 128 Å². The van der Waals surface area contributed by atoms with Gasteiger partial charge in [0.05, 0.1) is 5.92 Å². The first kappa shape index (κ1) is 19.9. The average molecular weight is 300 g/mol. The van der Waals surface area contributed by atoms with Gasteiger partial charge in [-0.15, -0.1) is 0 Å². The number of carboxylic acids is 1. The van der Waals surface area contributed by atoms with Crippen molar-refractivity contribution >= 4 is 11.9 Å². The molecule has 0 radical (unpaired) electrons. The third kappa shape index (κ3) is 10.3. The number of aliphatic carboxylic acids is 1. The fraction of sp³-hybridized carbons (Fsp3) is 0.875. The van der Waals surface area contributed by atoms with E-state index in [4.69, 9.17) is 10.8 Å². The Kier molecular flexibility index (Phi) is 9.26. The van der Waals surface area contributed by atoms with Gasteiger partial charge in [-0.1, -0.05) is 27.2 Å². The summed E-state index contributed by atoms with van der Waals surface area (Å²) < 4.78 is 0. The second-order valence-corrected chi connectivity index (χ2v) is 6.84. The van der Waals surface area contributed by atoms with Crippen molar-refractivity contribution in [1.29, 1.82) is 0 Å². The van der Waals surface area contributed by atoms with Gasteiger partial charge in [0, 0.05) is 12.5 Å². The summed E-state index contributed by atoms with van der Waals surface area (Å²) in [6, 6.07) is 0.0936. The van der Waals surface area contributed by atoms with Gasteiger partial charge in [0.2, 0.25) is 5.91 Å². The van der Waals surface area contributed by atoms with Crippen LogP contribution in [0.5, 0.6) is 0 Å². The van der Waals surface area contributed by atoms with E-state index in [1.54, 1.807) is 6.92 Å². The van der Waals surface area contributed by atoms with E-state index < -0.39 is 5.97 Å². The van der Waals surface area contributed by atoms with Gasteiger partial charge < -0.3 is 16.2 Å². The maximum absolute atomic E-state index is 11.9. The van der Waals surface area contributed by atoms with Crippen LogP contribution in [0.25, 0.3) is 0 Å². The van der Waals surface area contributed by atoms with Gasteiger partial charge in [0.25, 0.3) is 0 Å². The van der Waals surface area contributed by atoms with Crippen LogP contribution in [0.15, 0.2) is 0 Å². The highest BCUT2D eigenvalue weighted by molar-refractivity contribution is 5.76. The van der Waals surface area contributed by atoms with Crippen molar-refractivity contribution < 1.29 is 14.7 Å². The number of amides is 1. The molecule has 0 aliphatic carbocycles. The first-order valence-electron chi connectivity index (χ1n) is 7.90. The first-order valence-corrected chi connectivity index (χ1v) is 7.90. The lowest BCUT2D eigenvalue weighted by atomic mass is 9.84. The Morgan fingerprint density at radius 1 is 1.19 bits per heavy atom. The average Bonchev–Trinajstić information content (AvgIpc) is 2.36. The normalized spacial score (nSPS) is 14.5. The molecule has 2 atom stereocenters. The maximum Gasteiger partial charge on any atom is 0.306 e. The highest BCUT2D eigenvalue weighted by atomic mass is 16.4. The minimum Gasteiger partial charge on any atom is -0.481 e. The predicted molar refractivity (Wildman–Crippen MR) is 84.9 cm³/mol. The molecule has 5 heteroatoms. The molecule has 5 nitrogen and oxygen atoms in total. The summed E-state index contributed by atoms with van der Waals surface area (Å²) in [4.78, 5) is 22.6. The van der Waals surface area contributed by atoms with E-state index in [2.05, 4.69) is 19.2 Å². The molecule has 0 heterocycles. The molecule has 0 aromatic carbocycles. The molecular formula is C16H32N2O3. The quantitative estimate of drug-likeness (QED) is 0.546. The minimum absolute atomic E-state index is 0.0684. The molecule has 0 aliphatic rings. The molecule has 0 bridgehead atoms.